The summed E-state index contributed by atoms with van der Waals surface area (Å²) in [6.07, 6.45) is 2.12. The number of para-hydroxylation sites is 1. The topological polar surface area (TPSA) is 49.4 Å². The number of amides is 2. The van der Waals surface area contributed by atoms with Crippen LogP contribution >= 0.6 is 0 Å². The first-order valence-corrected chi connectivity index (χ1v) is 6.79. The molecule has 0 bridgehead atoms. The molecule has 1 N–H and O–H groups in total. The molecule has 1 aliphatic rings. The van der Waals surface area contributed by atoms with Crippen LogP contribution in [0.5, 0.6) is 0 Å². The predicted molar refractivity (Wildman–Crippen MR) is 75.0 cm³/mol. The van der Waals surface area contributed by atoms with Crippen LogP contribution in [0.25, 0.3) is 0 Å². The van der Waals surface area contributed by atoms with Gasteiger partial charge in [0, 0.05) is 19.0 Å². The number of carbonyl (C=O) groups is 2. The van der Waals surface area contributed by atoms with Gasteiger partial charge >= 0.3 is 0 Å². The Labute approximate surface area is 113 Å². The number of anilines is 1. The van der Waals surface area contributed by atoms with Crippen molar-refractivity contribution in [1.29, 1.82) is 0 Å². The molecular formula is C15H20N2O2. The Bertz CT molecular complexity index is 477. The van der Waals surface area contributed by atoms with E-state index in [-0.39, 0.29) is 17.7 Å². The maximum Gasteiger partial charge on any atom is 0.255 e. The predicted octanol–water partition coefficient (Wildman–Crippen LogP) is 2.52. The van der Waals surface area contributed by atoms with Crippen LogP contribution in [0.4, 0.5) is 5.69 Å². The lowest BCUT2D eigenvalue weighted by Gasteiger charge is -2.18. The van der Waals surface area contributed by atoms with Crippen molar-refractivity contribution < 1.29 is 9.59 Å². The highest BCUT2D eigenvalue weighted by Gasteiger charge is 2.22. The Kier molecular flexibility index (Phi) is 4.20. The first-order chi connectivity index (χ1) is 9.09. The van der Waals surface area contributed by atoms with Crippen molar-refractivity contribution in [2.75, 3.05) is 18.4 Å². The maximum atomic E-state index is 12.4. The number of hydrogen-bond donors (Lipinski definition) is 1. The highest BCUT2D eigenvalue weighted by atomic mass is 16.2. The molecule has 1 heterocycles. The fraction of sp³-hybridized carbons (Fsp3) is 0.467. The summed E-state index contributed by atoms with van der Waals surface area (Å²) in [5.74, 6) is -0.159. The van der Waals surface area contributed by atoms with Gasteiger partial charge in [-0.2, -0.15) is 0 Å². The number of benzene rings is 1. The third-order valence-electron chi connectivity index (χ3n) is 3.33. The summed E-state index contributed by atoms with van der Waals surface area (Å²) < 4.78 is 0. The molecule has 4 nitrogen and oxygen atoms in total. The third kappa shape index (κ3) is 3.13. The molecule has 1 aliphatic heterocycles. The zero-order valence-corrected chi connectivity index (χ0v) is 11.5. The number of hydrogen-bond acceptors (Lipinski definition) is 2. The van der Waals surface area contributed by atoms with Gasteiger partial charge in [-0.05, 0) is 25.0 Å². The molecular weight excluding hydrogens is 240 g/mol. The summed E-state index contributed by atoms with van der Waals surface area (Å²) in [5.41, 5.74) is 1.19. The first-order valence-electron chi connectivity index (χ1n) is 6.79. The zero-order chi connectivity index (χ0) is 13.8. The van der Waals surface area contributed by atoms with Crippen LogP contribution in [0.1, 0.15) is 37.0 Å². The van der Waals surface area contributed by atoms with Crippen molar-refractivity contribution in [2.45, 2.75) is 26.7 Å². The van der Waals surface area contributed by atoms with E-state index in [0.29, 0.717) is 11.3 Å². The number of nitrogens with zero attached hydrogens (tertiary/aromatic N) is 1. The number of nitrogens with one attached hydrogen (secondary N) is 1. The van der Waals surface area contributed by atoms with Gasteiger partial charge in [-0.3, -0.25) is 9.59 Å². The summed E-state index contributed by atoms with van der Waals surface area (Å²) in [7, 11) is 0. The third-order valence-corrected chi connectivity index (χ3v) is 3.33. The second-order valence-electron chi connectivity index (χ2n) is 5.19. The molecule has 1 aromatic carbocycles. The lowest BCUT2D eigenvalue weighted by Crippen LogP contribution is -2.29. The number of rotatable bonds is 3. The first kappa shape index (κ1) is 13.6. The Balaban J connectivity index is 2.20. The van der Waals surface area contributed by atoms with E-state index in [1.54, 1.807) is 12.1 Å². The summed E-state index contributed by atoms with van der Waals surface area (Å²) in [6, 6.07) is 7.21. The highest BCUT2D eigenvalue weighted by Crippen LogP contribution is 2.20. The van der Waals surface area contributed by atoms with Crippen molar-refractivity contribution in [2.24, 2.45) is 5.92 Å². The van der Waals surface area contributed by atoms with Crippen LogP contribution in [0.2, 0.25) is 0 Å². The van der Waals surface area contributed by atoms with Gasteiger partial charge in [-0.15, -0.1) is 0 Å². The molecule has 0 saturated carbocycles. The normalized spacial score (nSPS) is 14.8. The Hall–Kier alpha value is -1.84. The molecule has 0 radical (unpaired) electrons. The van der Waals surface area contributed by atoms with Crippen LogP contribution in [0.15, 0.2) is 24.3 Å². The molecule has 0 aliphatic carbocycles. The minimum Gasteiger partial charge on any atom is -0.339 e. The van der Waals surface area contributed by atoms with Gasteiger partial charge in [-0.1, -0.05) is 26.0 Å². The highest BCUT2D eigenvalue weighted by molar-refractivity contribution is 6.04. The van der Waals surface area contributed by atoms with Gasteiger partial charge in [-0.25, -0.2) is 0 Å². The molecule has 102 valence electrons. The van der Waals surface area contributed by atoms with Gasteiger partial charge in [0.15, 0.2) is 0 Å². The Morgan fingerprint density at radius 2 is 1.79 bits per heavy atom. The average molecular weight is 260 g/mol. The van der Waals surface area contributed by atoms with E-state index < -0.39 is 0 Å². The zero-order valence-electron chi connectivity index (χ0n) is 11.5. The van der Waals surface area contributed by atoms with Crippen molar-refractivity contribution in [1.82, 2.24) is 4.90 Å². The average Bonchev–Trinajstić information content (AvgIpc) is 2.92. The summed E-state index contributed by atoms with van der Waals surface area (Å²) in [6.45, 7) is 5.29. The van der Waals surface area contributed by atoms with Crippen LogP contribution in [0.3, 0.4) is 0 Å². The molecule has 4 heteroatoms. The van der Waals surface area contributed by atoms with E-state index >= 15 is 0 Å². The molecule has 0 unspecified atom stereocenters. The van der Waals surface area contributed by atoms with Gasteiger partial charge in [0.05, 0.1) is 11.3 Å². The van der Waals surface area contributed by atoms with Gasteiger partial charge < -0.3 is 10.2 Å². The molecule has 2 amide bonds. The minimum atomic E-state index is -0.102. The second kappa shape index (κ2) is 5.87. The minimum absolute atomic E-state index is 0.0113. The smallest absolute Gasteiger partial charge is 0.255 e. The lowest BCUT2D eigenvalue weighted by atomic mass is 10.1. The Morgan fingerprint density at radius 3 is 2.42 bits per heavy atom. The molecule has 0 aromatic heterocycles. The summed E-state index contributed by atoms with van der Waals surface area (Å²) in [4.78, 5) is 26.0. The van der Waals surface area contributed by atoms with Crippen molar-refractivity contribution in [3.05, 3.63) is 29.8 Å². The van der Waals surface area contributed by atoms with Crippen LogP contribution in [0, 0.1) is 5.92 Å². The van der Waals surface area contributed by atoms with Crippen molar-refractivity contribution >= 4 is 17.5 Å². The standard InChI is InChI=1S/C15H20N2O2/c1-11(2)14(18)16-13-8-4-3-7-12(13)15(19)17-9-5-6-10-17/h3-4,7-8,11H,5-6,9-10H2,1-2H3,(H,16,18). The van der Waals surface area contributed by atoms with E-state index in [4.69, 9.17) is 0 Å². The van der Waals surface area contributed by atoms with E-state index in [9.17, 15) is 9.59 Å². The van der Waals surface area contributed by atoms with Crippen molar-refractivity contribution in [3.8, 4) is 0 Å². The maximum absolute atomic E-state index is 12.4. The summed E-state index contributed by atoms with van der Waals surface area (Å²) >= 11 is 0. The van der Waals surface area contributed by atoms with Gasteiger partial charge in [0.1, 0.15) is 0 Å². The quantitative estimate of drug-likeness (QED) is 0.907. The molecule has 1 aromatic rings. The van der Waals surface area contributed by atoms with Crippen LogP contribution < -0.4 is 5.32 Å². The largest absolute Gasteiger partial charge is 0.339 e. The van der Waals surface area contributed by atoms with E-state index in [0.717, 1.165) is 25.9 Å². The summed E-state index contributed by atoms with van der Waals surface area (Å²) in [5, 5.41) is 2.83. The number of likely N-dealkylation sites (tertiary alicyclic amines) is 1. The molecule has 0 atom stereocenters. The molecule has 1 fully saturated rings. The van der Waals surface area contributed by atoms with Gasteiger partial charge in [0.25, 0.3) is 5.91 Å². The van der Waals surface area contributed by atoms with Crippen LogP contribution in [-0.4, -0.2) is 29.8 Å². The van der Waals surface area contributed by atoms with Crippen LogP contribution in [-0.2, 0) is 4.79 Å². The molecule has 0 spiro atoms. The fourth-order valence-corrected chi connectivity index (χ4v) is 2.15. The SMILES string of the molecule is CC(C)C(=O)Nc1ccccc1C(=O)N1CCCC1. The van der Waals surface area contributed by atoms with E-state index in [1.165, 1.54) is 0 Å². The van der Waals surface area contributed by atoms with Gasteiger partial charge in [0.2, 0.25) is 5.91 Å². The molecule has 1 saturated heterocycles. The second-order valence-corrected chi connectivity index (χ2v) is 5.19. The van der Waals surface area contributed by atoms with E-state index in [1.807, 2.05) is 30.9 Å². The number of carbonyl (C=O) groups excluding carboxylic acids is 2. The fourth-order valence-electron chi connectivity index (χ4n) is 2.15. The molecule has 2 rings (SSSR count). The molecule has 19 heavy (non-hydrogen) atoms. The lowest BCUT2D eigenvalue weighted by molar-refractivity contribution is -0.118. The van der Waals surface area contributed by atoms with Crippen molar-refractivity contribution in [3.63, 3.8) is 0 Å². The Morgan fingerprint density at radius 1 is 1.16 bits per heavy atom. The monoisotopic (exact) mass is 260 g/mol. The van der Waals surface area contributed by atoms with E-state index in [2.05, 4.69) is 5.32 Å².